The first-order valence-corrected chi connectivity index (χ1v) is 11.7. The van der Waals surface area contributed by atoms with Crippen molar-refractivity contribution in [2.24, 2.45) is 0 Å². The van der Waals surface area contributed by atoms with Crippen LogP contribution in [0.1, 0.15) is 54.2 Å². The number of H-pyrrole nitrogens is 1. The van der Waals surface area contributed by atoms with Gasteiger partial charge in [0, 0.05) is 25.2 Å². The predicted molar refractivity (Wildman–Crippen MR) is 128 cm³/mol. The zero-order chi connectivity index (χ0) is 25.0. The van der Waals surface area contributed by atoms with Crippen LogP contribution in [-0.4, -0.2) is 50.2 Å². The molecule has 1 amide bonds. The number of thioether (sulfide) groups is 1. The Labute approximate surface area is 199 Å². The largest absolute Gasteiger partial charge is 0.503 e. The number of aromatic nitrogens is 1. The number of hydrogen-bond donors (Lipinski definition) is 5. The number of rotatable bonds is 7. The summed E-state index contributed by atoms with van der Waals surface area (Å²) in [6.07, 6.45) is 4.37. The minimum absolute atomic E-state index is 0.0782. The van der Waals surface area contributed by atoms with E-state index in [0.29, 0.717) is 24.4 Å². The van der Waals surface area contributed by atoms with Crippen LogP contribution in [0.15, 0.2) is 29.2 Å². The Morgan fingerprint density at radius 2 is 1.97 bits per heavy atom. The predicted octanol–water partition coefficient (Wildman–Crippen LogP) is 3.59. The summed E-state index contributed by atoms with van der Waals surface area (Å²) in [4.78, 5) is 30.2. The van der Waals surface area contributed by atoms with Gasteiger partial charge in [-0.1, -0.05) is 17.8 Å². The first-order valence-electron chi connectivity index (χ1n) is 10.9. The molecule has 0 saturated heterocycles. The van der Waals surface area contributed by atoms with Crippen LogP contribution in [-0.2, 0) is 6.42 Å². The van der Waals surface area contributed by atoms with E-state index < -0.39 is 34.4 Å². The lowest BCUT2D eigenvalue weighted by molar-refractivity contribution is 0.0407. The van der Waals surface area contributed by atoms with Crippen LogP contribution in [0, 0.1) is 22.5 Å². The third-order valence-corrected chi connectivity index (χ3v) is 6.90. The van der Waals surface area contributed by atoms with Crippen LogP contribution >= 0.6 is 11.8 Å². The molecule has 3 rings (SSSR count). The number of benzene rings is 1. The van der Waals surface area contributed by atoms with Gasteiger partial charge in [-0.3, -0.25) is 25.7 Å². The van der Waals surface area contributed by atoms with Gasteiger partial charge >= 0.3 is 0 Å². The molecule has 1 aromatic heterocycles. The monoisotopic (exact) mass is 491 g/mol. The van der Waals surface area contributed by atoms with Crippen LogP contribution in [0.5, 0.6) is 5.75 Å². The summed E-state index contributed by atoms with van der Waals surface area (Å²) in [5, 5.41) is 29.4. The van der Waals surface area contributed by atoms with Gasteiger partial charge in [0.25, 0.3) is 5.91 Å². The SMILES string of the molecule is CCN(C(=O)c1[nH]cc(C(=N)SC(=N)Cc2ccc(F)cc2F)c(=O)c1O)C1(NC)CCCC1. The molecular formula is C23H27F2N5O3S. The first kappa shape index (κ1) is 25.6. The maximum absolute atomic E-state index is 13.8. The van der Waals surface area contributed by atoms with Crippen LogP contribution in [0.2, 0.25) is 0 Å². The summed E-state index contributed by atoms with van der Waals surface area (Å²) in [6, 6.07) is 2.99. The summed E-state index contributed by atoms with van der Waals surface area (Å²) < 4.78 is 26.9. The molecule has 0 radical (unpaired) electrons. The summed E-state index contributed by atoms with van der Waals surface area (Å²) >= 11 is 0.601. The van der Waals surface area contributed by atoms with Crippen LogP contribution in [0.4, 0.5) is 8.78 Å². The van der Waals surface area contributed by atoms with Crippen molar-refractivity contribution in [3.63, 3.8) is 0 Å². The van der Waals surface area contributed by atoms with Crippen molar-refractivity contribution in [2.75, 3.05) is 13.6 Å². The zero-order valence-corrected chi connectivity index (χ0v) is 19.7. The summed E-state index contributed by atoms with van der Waals surface area (Å²) in [5.74, 6) is -2.87. The van der Waals surface area contributed by atoms with Crippen LogP contribution < -0.4 is 10.7 Å². The molecule has 34 heavy (non-hydrogen) atoms. The molecule has 8 nitrogen and oxygen atoms in total. The normalized spacial score (nSPS) is 14.7. The Bertz CT molecular complexity index is 1180. The number of halogens is 2. The second kappa shape index (κ2) is 10.5. The lowest BCUT2D eigenvalue weighted by Gasteiger charge is -2.40. The van der Waals surface area contributed by atoms with E-state index in [0.717, 1.165) is 37.9 Å². The minimum Gasteiger partial charge on any atom is -0.503 e. The molecule has 0 unspecified atom stereocenters. The number of carbonyl (C=O) groups excluding carboxylic acids is 1. The summed E-state index contributed by atoms with van der Waals surface area (Å²) in [7, 11) is 1.78. The van der Waals surface area contributed by atoms with E-state index in [-0.39, 0.29) is 33.3 Å². The van der Waals surface area contributed by atoms with Crippen molar-refractivity contribution in [2.45, 2.75) is 44.7 Å². The van der Waals surface area contributed by atoms with Gasteiger partial charge in [-0.05, 0) is 51.3 Å². The molecule has 1 aromatic carbocycles. The second-order valence-corrected chi connectivity index (χ2v) is 9.17. The number of aromatic amines is 1. The number of amides is 1. The van der Waals surface area contributed by atoms with E-state index in [1.165, 1.54) is 6.07 Å². The number of pyridine rings is 1. The van der Waals surface area contributed by atoms with Gasteiger partial charge in [0.05, 0.1) is 16.3 Å². The average molecular weight is 492 g/mol. The van der Waals surface area contributed by atoms with Crippen molar-refractivity contribution in [3.8, 4) is 5.75 Å². The molecule has 1 fully saturated rings. The topological polar surface area (TPSA) is 133 Å². The van der Waals surface area contributed by atoms with Crippen molar-refractivity contribution >= 4 is 27.8 Å². The molecule has 1 heterocycles. The van der Waals surface area contributed by atoms with E-state index in [4.69, 9.17) is 10.8 Å². The number of nitrogens with one attached hydrogen (secondary N) is 4. The third-order valence-electron chi connectivity index (χ3n) is 6.08. The molecule has 5 N–H and O–H groups in total. The van der Waals surface area contributed by atoms with Crippen molar-refractivity contribution in [3.05, 3.63) is 63.1 Å². The van der Waals surface area contributed by atoms with Gasteiger partial charge in [0.2, 0.25) is 5.43 Å². The minimum atomic E-state index is -0.915. The summed E-state index contributed by atoms with van der Waals surface area (Å²) in [5.41, 5.74) is -1.88. The molecule has 0 aliphatic heterocycles. The highest BCUT2D eigenvalue weighted by Gasteiger charge is 2.41. The fraction of sp³-hybridized carbons (Fsp3) is 0.391. The molecule has 1 aliphatic rings. The quantitative estimate of drug-likeness (QED) is 0.229. The number of nitrogens with zero attached hydrogens (tertiary/aromatic N) is 1. The lowest BCUT2D eigenvalue weighted by Crippen LogP contribution is -2.58. The highest BCUT2D eigenvalue weighted by Crippen LogP contribution is 2.34. The van der Waals surface area contributed by atoms with Gasteiger partial charge in [-0.25, -0.2) is 8.78 Å². The van der Waals surface area contributed by atoms with Crippen LogP contribution in [0.25, 0.3) is 0 Å². The Morgan fingerprint density at radius 3 is 2.56 bits per heavy atom. The van der Waals surface area contributed by atoms with Gasteiger partial charge in [0.1, 0.15) is 16.7 Å². The van der Waals surface area contributed by atoms with Gasteiger partial charge in [-0.2, -0.15) is 0 Å². The fourth-order valence-corrected chi connectivity index (χ4v) is 5.03. The van der Waals surface area contributed by atoms with E-state index in [1.54, 1.807) is 11.9 Å². The molecule has 0 spiro atoms. The summed E-state index contributed by atoms with van der Waals surface area (Å²) in [6.45, 7) is 2.19. The van der Waals surface area contributed by atoms with Gasteiger partial charge < -0.3 is 15.0 Å². The fourth-order valence-electron chi connectivity index (χ4n) is 4.29. The maximum Gasteiger partial charge on any atom is 0.275 e. The zero-order valence-electron chi connectivity index (χ0n) is 18.9. The Balaban J connectivity index is 1.79. The molecule has 11 heteroatoms. The number of hydrogen-bond acceptors (Lipinski definition) is 7. The smallest absolute Gasteiger partial charge is 0.275 e. The standard InChI is InChI=1S/C23H27F2N5O3S/c1-3-30(23(28-2)8-4-5-9-23)22(33)18-20(32)19(31)15(12-29-18)21(27)34-17(26)10-13-6-7-14(24)11-16(13)25/h6-7,11-12,26-28,32H,3-5,8-10H2,1-2H3,(H,29,31). The second-order valence-electron chi connectivity index (χ2n) is 8.06. The van der Waals surface area contributed by atoms with Gasteiger partial charge in [0.15, 0.2) is 11.4 Å². The molecule has 1 saturated carbocycles. The number of carbonyl (C=O) groups is 1. The van der Waals surface area contributed by atoms with Crippen molar-refractivity contribution in [1.82, 2.24) is 15.2 Å². The van der Waals surface area contributed by atoms with Crippen LogP contribution in [0.3, 0.4) is 0 Å². The van der Waals surface area contributed by atoms with Crippen molar-refractivity contribution < 1.29 is 18.7 Å². The average Bonchev–Trinajstić information content (AvgIpc) is 3.27. The maximum atomic E-state index is 13.8. The third kappa shape index (κ3) is 5.05. The van der Waals surface area contributed by atoms with Crippen molar-refractivity contribution in [1.29, 1.82) is 10.8 Å². The van der Waals surface area contributed by atoms with E-state index >= 15 is 0 Å². The van der Waals surface area contributed by atoms with Gasteiger partial charge in [-0.15, -0.1) is 0 Å². The Morgan fingerprint density at radius 1 is 1.29 bits per heavy atom. The van der Waals surface area contributed by atoms with E-state index in [1.807, 2.05) is 6.92 Å². The highest BCUT2D eigenvalue weighted by atomic mass is 32.2. The molecule has 0 atom stereocenters. The first-order chi connectivity index (χ1) is 16.1. The molecule has 1 aliphatic carbocycles. The molecule has 0 bridgehead atoms. The van der Waals surface area contributed by atoms with E-state index in [2.05, 4.69) is 10.3 Å². The molecular weight excluding hydrogens is 464 g/mol. The number of aromatic hydroxyl groups is 1. The lowest BCUT2D eigenvalue weighted by atomic mass is 10.1. The Kier molecular flexibility index (Phi) is 7.88. The molecule has 2 aromatic rings. The Hall–Kier alpha value is -3.05. The molecule has 182 valence electrons. The van der Waals surface area contributed by atoms with E-state index in [9.17, 15) is 23.5 Å². The highest BCUT2D eigenvalue weighted by molar-refractivity contribution is 8.26.